The molecule has 6 rings (SSSR count). The zero-order valence-electron chi connectivity index (χ0n) is 20.1. The minimum absolute atomic E-state index is 0.0786. The topological polar surface area (TPSA) is 127 Å². The number of hydrogen-bond acceptors (Lipinski definition) is 10. The maximum atomic E-state index is 13.1. The third-order valence-corrected chi connectivity index (χ3v) is 7.01. The second-order valence-electron chi connectivity index (χ2n) is 8.81. The van der Waals surface area contributed by atoms with Crippen molar-refractivity contribution in [1.82, 2.24) is 15.2 Å². The second kappa shape index (κ2) is 10.1. The number of ether oxygens (including phenoxy) is 1. The van der Waals surface area contributed by atoms with Crippen LogP contribution in [0.3, 0.4) is 0 Å². The van der Waals surface area contributed by atoms with E-state index in [0.717, 1.165) is 40.6 Å². The lowest BCUT2D eigenvalue weighted by Gasteiger charge is -2.23. The standard InChI is InChI=1S/C26H25N7O3S/c1-15-27-21(25(37-15)28-17-10-7-13-35-14-17)24-32-33-26(36-24)31-22-23(34)29-19-12-6-5-11-18(19)20(30-22)16-8-3-2-4-9-16/h2-6,8-9,11-12,17,22,28H,7,10,13-14H2,1H3,(H,29,34)(H,31,33)/t17-,22-/m1/s1. The molecular formula is C26H25N7O3S. The first kappa shape index (κ1) is 23.3. The molecule has 4 aromatic rings. The summed E-state index contributed by atoms with van der Waals surface area (Å²) in [5.41, 5.74) is 3.68. The van der Waals surface area contributed by atoms with Crippen molar-refractivity contribution in [2.45, 2.75) is 32.0 Å². The summed E-state index contributed by atoms with van der Waals surface area (Å²) in [7, 11) is 0. The molecule has 2 aliphatic heterocycles. The summed E-state index contributed by atoms with van der Waals surface area (Å²) in [6, 6.07) is 17.6. The van der Waals surface area contributed by atoms with Crippen LogP contribution in [0.2, 0.25) is 0 Å². The van der Waals surface area contributed by atoms with Gasteiger partial charge in [0.2, 0.25) is 6.17 Å². The Hall–Kier alpha value is -4.09. The van der Waals surface area contributed by atoms with Crippen molar-refractivity contribution in [1.29, 1.82) is 0 Å². The number of rotatable bonds is 6. The normalized spacial score (nSPS) is 19.4. The maximum absolute atomic E-state index is 13.1. The third kappa shape index (κ3) is 4.95. The van der Waals surface area contributed by atoms with Gasteiger partial charge in [0.1, 0.15) is 5.00 Å². The molecule has 0 radical (unpaired) electrons. The highest BCUT2D eigenvalue weighted by atomic mass is 32.1. The molecule has 1 saturated heterocycles. The van der Waals surface area contributed by atoms with E-state index in [4.69, 9.17) is 14.1 Å². The highest BCUT2D eigenvalue weighted by molar-refractivity contribution is 7.16. The Bertz CT molecular complexity index is 1440. The molecule has 0 spiro atoms. The number of thiazole rings is 1. The number of carbonyl (C=O) groups is 1. The van der Waals surface area contributed by atoms with Crippen LogP contribution in [0.5, 0.6) is 0 Å². The van der Waals surface area contributed by atoms with Crippen LogP contribution in [0.15, 0.2) is 64.0 Å². The van der Waals surface area contributed by atoms with E-state index in [1.54, 1.807) is 0 Å². The average Bonchev–Trinajstić information content (AvgIpc) is 3.50. The molecule has 0 bridgehead atoms. The summed E-state index contributed by atoms with van der Waals surface area (Å²) in [5.74, 6) is -0.0713. The van der Waals surface area contributed by atoms with Gasteiger partial charge in [-0.2, -0.15) is 0 Å². The summed E-state index contributed by atoms with van der Waals surface area (Å²) in [6.07, 6.45) is 1.05. The molecule has 4 heterocycles. The zero-order chi connectivity index (χ0) is 25.2. The first-order valence-electron chi connectivity index (χ1n) is 12.1. The molecule has 2 atom stereocenters. The largest absolute Gasteiger partial charge is 0.402 e. The van der Waals surface area contributed by atoms with Gasteiger partial charge in [-0.15, -0.1) is 16.4 Å². The van der Waals surface area contributed by atoms with Crippen LogP contribution in [0.25, 0.3) is 11.6 Å². The number of amides is 1. The molecule has 0 aliphatic carbocycles. The maximum Gasteiger partial charge on any atom is 0.317 e. The Morgan fingerprint density at radius 1 is 1.05 bits per heavy atom. The molecule has 3 N–H and O–H groups in total. The second-order valence-corrected chi connectivity index (χ2v) is 10.0. The summed E-state index contributed by atoms with van der Waals surface area (Å²) < 4.78 is 11.5. The Kier molecular flexibility index (Phi) is 6.37. The van der Waals surface area contributed by atoms with E-state index in [9.17, 15) is 4.79 Å². The summed E-state index contributed by atoms with van der Waals surface area (Å²) in [5, 5.41) is 19.5. The molecule has 1 fully saturated rings. The number of benzodiazepines with no additional fused rings is 1. The minimum atomic E-state index is -0.981. The lowest BCUT2D eigenvalue weighted by molar-refractivity contribution is -0.116. The van der Waals surface area contributed by atoms with Crippen LogP contribution in [-0.4, -0.2) is 52.2 Å². The summed E-state index contributed by atoms with van der Waals surface area (Å²) in [6.45, 7) is 3.37. The van der Waals surface area contributed by atoms with E-state index in [1.807, 2.05) is 61.5 Å². The molecule has 37 heavy (non-hydrogen) atoms. The van der Waals surface area contributed by atoms with Gasteiger partial charge in [0, 0.05) is 17.7 Å². The van der Waals surface area contributed by atoms with E-state index in [2.05, 4.69) is 31.1 Å². The van der Waals surface area contributed by atoms with Gasteiger partial charge < -0.3 is 25.1 Å². The zero-order valence-corrected chi connectivity index (χ0v) is 20.9. The Morgan fingerprint density at radius 3 is 2.73 bits per heavy atom. The SMILES string of the molecule is Cc1nc(-c2nnc(N[C@H]3N=C(c4ccccc4)c4ccccc4NC3=O)o2)c(N[C@@H]2CCCOC2)s1. The first-order chi connectivity index (χ1) is 18.1. The van der Waals surface area contributed by atoms with Crippen LogP contribution in [0.1, 0.15) is 29.0 Å². The van der Waals surface area contributed by atoms with Crippen molar-refractivity contribution in [3.05, 3.63) is 70.7 Å². The predicted molar refractivity (Wildman–Crippen MR) is 142 cm³/mol. The molecule has 0 saturated carbocycles. The van der Waals surface area contributed by atoms with E-state index < -0.39 is 6.17 Å². The van der Waals surface area contributed by atoms with Gasteiger partial charge in [-0.25, -0.2) is 9.98 Å². The van der Waals surface area contributed by atoms with Crippen molar-refractivity contribution in [2.24, 2.45) is 4.99 Å². The minimum Gasteiger partial charge on any atom is -0.402 e. The van der Waals surface area contributed by atoms with Crippen molar-refractivity contribution in [3.8, 4) is 11.6 Å². The van der Waals surface area contributed by atoms with Gasteiger partial charge in [0.15, 0.2) is 5.69 Å². The fraction of sp³-hybridized carbons (Fsp3) is 0.269. The number of carbonyl (C=O) groups excluding carboxylic acids is 1. The first-order valence-corrected chi connectivity index (χ1v) is 12.9. The quantitative estimate of drug-likeness (QED) is 0.347. The van der Waals surface area contributed by atoms with Gasteiger partial charge >= 0.3 is 6.01 Å². The smallest absolute Gasteiger partial charge is 0.317 e. The van der Waals surface area contributed by atoms with Crippen LogP contribution in [0, 0.1) is 6.92 Å². The van der Waals surface area contributed by atoms with Crippen LogP contribution in [0.4, 0.5) is 16.7 Å². The molecule has 2 aromatic heterocycles. The van der Waals surface area contributed by atoms with Gasteiger partial charge in [0.25, 0.3) is 11.8 Å². The fourth-order valence-electron chi connectivity index (χ4n) is 4.38. The van der Waals surface area contributed by atoms with Crippen LogP contribution in [-0.2, 0) is 9.53 Å². The lowest BCUT2D eigenvalue weighted by atomic mass is 10.0. The molecular weight excluding hydrogens is 490 g/mol. The van der Waals surface area contributed by atoms with Crippen LogP contribution >= 0.6 is 11.3 Å². The third-order valence-electron chi connectivity index (χ3n) is 6.11. The number of para-hydroxylation sites is 1. The average molecular weight is 516 g/mol. The predicted octanol–water partition coefficient (Wildman–Crippen LogP) is 4.32. The highest BCUT2D eigenvalue weighted by Crippen LogP contribution is 2.34. The number of aromatic nitrogens is 3. The van der Waals surface area contributed by atoms with Crippen molar-refractivity contribution in [3.63, 3.8) is 0 Å². The Labute approximate surface area is 217 Å². The van der Waals surface area contributed by atoms with E-state index in [-0.39, 0.29) is 23.9 Å². The molecule has 1 amide bonds. The highest BCUT2D eigenvalue weighted by Gasteiger charge is 2.28. The summed E-state index contributed by atoms with van der Waals surface area (Å²) >= 11 is 1.53. The fourth-order valence-corrected chi connectivity index (χ4v) is 5.27. The van der Waals surface area contributed by atoms with Crippen molar-refractivity contribution in [2.75, 3.05) is 29.2 Å². The summed E-state index contributed by atoms with van der Waals surface area (Å²) in [4.78, 5) is 22.5. The number of fused-ring (bicyclic) bond motifs is 1. The van der Waals surface area contributed by atoms with Gasteiger partial charge in [-0.05, 0) is 25.8 Å². The number of benzene rings is 2. The van der Waals surface area contributed by atoms with Crippen LogP contribution < -0.4 is 16.0 Å². The van der Waals surface area contributed by atoms with Crippen molar-refractivity contribution < 1.29 is 13.9 Å². The number of aliphatic imine (C=N–C) groups is 1. The number of nitrogens with one attached hydrogen (secondary N) is 3. The molecule has 2 aliphatic rings. The Morgan fingerprint density at radius 2 is 1.89 bits per heavy atom. The molecule has 10 nitrogen and oxygen atoms in total. The molecule has 2 aromatic carbocycles. The van der Waals surface area contributed by atoms with Gasteiger partial charge in [-0.3, -0.25) is 4.79 Å². The number of hydrogen-bond donors (Lipinski definition) is 3. The number of anilines is 3. The lowest BCUT2D eigenvalue weighted by Crippen LogP contribution is -2.32. The number of nitrogens with zero attached hydrogens (tertiary/aromatic N) is 4. The van der Waals surface area contributed by atoms with E-state index in [1.165, 1.54) is 11.3 Å². The Balaban J connectivity index is 1.28. The van der Waals surface area contributed by atoms with Gasteiger partial charge in [-0.1, -0.05) is 53.6 Å². The molecule has 188 valence electrons. The molecule has 11 heteroatoms. The molecule has 0 unspecified atom stereocenters. The van der Waals surface area contributed by atoms with Crippen molar-refractivity contribution >= 4 is 39.7 Å². The number of aryl methyl sites for hydroxylation is 1. The van der Waals surface area contributed by atoms with Gasteiger partial charge in [0.05, 0.1) is 29.1 Å². The van der Waals surface area contributed by atoms with E-state index >= 15 is 0 Å². The van der Waals surface area contributed by atoms with E-state index in [0.29, 0.717) is 23.7 Å². The monoisotopic (exact) mass is 515 g/mol.